The van der Waals surface area contributed by atoms with E-state index in [0.29, 0.717) is 30.4 Å². The molecule has 1 saturated carbocycles. The molecule has 1 aliphatic carbocycles. The monoisotopic (exact) mass is 734 g/mol. The molecule has 15 nitrogen and oxygen atoms in total. The molecule has 5 atom stereocenters. The fourth-order valence-electron chi connectivity index (χ4n) is 6.64. The Morgan fingerprint density at radius 1 is 1.10 bits per heavy atom. The first kappa shape index (κ1) is 38.0. The zero-order valence-corrected chi connectivity index (χ0v) is 30.4. The molecule has 2 fully saturated rings. The zero-order chi connectivity index (χ0) is 37.3. The van der Waals surface area contributed by atoms with E-state index < -0.39 is 81.2 Å². The molecule has 0 spiro atoms. The second kappa shape index (κ2) is 14.8. The number of hydrogen-bond donors (Lipinski definition) is 3. The minimum absolute atomic E-state index is 0.00953. The maximum absolute atomic E-state index is 14.4. The molecular weight excluding hydrogens is 687 g/mol. The van der Waals surface area contributed by atoms with Crippen LogP contribution in [0.1, 0.15) is 76.8 Å². The summed E-state index contributed by atoms with van der Waals surface area (Å²) in [5.41, 5.74) is -1.43. The Labute approximate surface area is 297 Å². The van der Waals surface area contributed by atoms with Crippen molar-refractivity contribution in [2.45, 2.75) is 108 Å². The van der Waals surface area contributed by atoms with Crippen molar-refractivity contribution in [1.82, 2.24) is 29.5 Å². The second-order valence-corrected chi connectivity index (χ2v) is 16.6. The number of benzene rings is 1. The van der Waals surface area contributed by atoms with Crippen LogP contribution in [-0.2, 0) is 47.2 Å². The highest BCUT2D eigenvalue weighted by atomic mass is 32.2. The van der Waals surface area contributed by atoms with Crippen LogP contribution < -0.4 is 15.4 Å². The third-order valence-corrected chi connectivity index (χ3v) is 10.9. The largest absolute Gasteiger partial charge is 0.444 e. The van der Waals surface area contributed by atoms with E-state index in [2.05, 4.69) is 10.6 Å². The van der Waals surface area contributed by atoms with Gasteiger partial charge in [0.25, 0.3) is 5.91 Å². The normalized spacial score (nSPS) is 27.6. The van der Waals surface area contributed by atoms with Gasteiger partial charge in [0.1, 0.15) is 35.1 Å². The Hall–Kier alpha value is -4.25. The number of alkyl carbamates (subject to hydrolysis) is 1. The number of fused-ring (bicyclic) bond motifs is 3. The van der Waals surface area contributed by atoms with Gasteiger partial charge in [0.2, 0.25) is 11.8 Å². The van der Waals surface area contributed by atoms with Gasteiger partial charge in [-0.2, -0.15) is 12.7 Å². The summed E-state index contributed by atoms with van der Waals surface area (Å²) >= 11 is 0. The molecule has 3 heterocycles. The number of nitrogens with zero attached hydrogens (tertiary/aromatic N) is 3. The number of carbonyl (C=O) groups is 5. The number of allylic oxidation sites excluding steroid dienone is 1. The number of hydrogen-bond acceptors (Lipinski definition) is 9. The van der Waals surface area contributed by atoms with E-state index in [4.69, 9.17) is 9.47 Å². The van der Waals surface area contributed by atoms with Crippen LogP contribution in [0.5, 0.6) is 0 Å². The van der Waals surface area contributed by atoms with Gasteiger partial charge in [-0.15, -0.1) is 0 Å². The van der Waals surface area contributed by atoms with E-state index in [9.17, 15) is 36.8 Å². The highest BCUT2D eigenvalue weighted by Gasteiger charge is 2.62. The zero-order valence-electron chi connectivity index (χ0n) is 29.6. The van der Waals surface area contributed by atoms with E-state index in [-0.39, 0.29) is 38.9 Å². The van der Waals surface area contributed by atoms with Crippen molar-refractivity contribution >= 4 is 40.1 Å². The van der Waals surface area contributed by atoms with Crippen LogP contribution in [0, 0.1) is 11.7 Å². The first-order chi connectivity index (χ1) is 23.9. The molecule has 51 heavy (non-hydrogen) atoms. The van der Waals surface area contributed by atoms with Gasteiger partial charge in [0.15, 0.2) is 0 Å². The van der Waals surface area contributed by atoms with Crippen molar-refractivity contribution in [2.24, 2.45) is 5.92 Å². The fraction of sp³-hybridized carbons (Fsp3) is 0.618. The molecule has 0 bridgehead atoms. The van der Waals surface area contributed by atoms with Crippen molar-refractivity contribution in [3.63, 3.8) is 0 Å². The molecule has 1 aromatic carbocycles. The first-order valence-corrected chi connectivity index (χ1v) is 18.6. The number of amides is 5. The lowest BCUT2D eigenvalue weighted by Gasteiger charge is -2.30. The lowest BCUT2D eigenvalue weighted by atomic mass is 10.0. The number of halogens is 1. The average molecular weight is 735 g/mol. The van der Waals surface area contributed by atoms with Crippen LogP contribution in [0.15, 0.2) is 30.4 Å². The maximum Gasteiger partial charge on any atom is 0.410 e. The van der Waals surface area contributed by atoms with Gasteiger partial charge in [0.05, 0.1) is 13.1 Å². The summed E-state index contributed by atoms with van der Waals surface area (Å²) in [7, 11) is -1.68. The summed E-state index contributed by atoms with van der Waals surface area (Å²) in [5, 5.41) is 5.40. The van der Waals surface area contributed by atoms with Gasteiger partial charge in [0, 0.05) is 38.5 Å². The van der Waals surface area contributed by atoms with Crippen molar-refractivity contribution in [2.75, 3.05) is 20.6 Å². The van der Waals surface area contributed by atoms with Crippen LogP contribution in [0.25, 0.3) is 0 Å². The number of ether oxygens (including phenoxy) is 2. The summed E-state index contributed by atoms with van der Waals surface area (Å²) in [6.45, 7) is 4.97. The van der Waals surface area contributed by atoms with E-state index in [0.717, 1.165) is 10.7 Å². The third kappa shape index (κ3) is 8.80. The van der Waals surface area contributed by atoms with Gasteiger partial charge >= 0.3 is 22.4 Å². The SMILES string of the molecule is CN(C)S(=O)(=O)NC(=O)[C@@]12C[C@H]1/C=C\CCCCC[C@H](NC(=O)OC(C)(C)C)C(=O)N1C[C@H](OC(=O)N3Cc4cccc(F)c4C3)CC1C(=O)N2. The minimum atomic E-state index is -4.20. The van der Waals surface area contributed by atoms with E-state index in [1.165, 1.54) is 30.0 Å². The average Bonchev–Trinajstić information content (AvgIpc) is 3.33. The van der Waals surface area contributed by atoms with Crippen LogP contribution in [0.3, 0.4) is 0 Å². The summed E-state index contributed by atoms with van der Waals surface area (Å²) in [5.74, 6) is -3.24. The molecule has 0 radical (unpaired) electrons. The van der Waals surface area contributed by atoms with Crippen LogP contribution in [0.4, 0.5) is 14.0 Å². The lowest BCUT2D eigenvalue weighted by Crippen LogP contribution is -2.58. The molecule has 1 aromatic rings. The molecule has 1 saturated heterocycles. The third-order valence-electron chi connectivity index (χ3n) is 9.49. The summed E-state index contributed by atoms with van der Waals surface area (Å²) in [6.07, 6.45) is 4.00. The van der Waals surface area contributed by atoms with E-state index in [1.54, 1.807) is 39.0 Å². The maximum atomic E-state index is 14.4. The van der Waals surface area contributed by atoms with Crippen molar-refractivity contribution in [1.29, 1.82) is 0 Å². The van der Waals surface area contributed by atoms with Crippen LogP contribution >= 0.6 is 0 Å². The Morgan fingerprint density at radius 2 is 1.84 bits per heavy atom. The van der Waals surface area contributed by atoms with E-state index >= 15 is 0 Å². The van der Waals surface area contributed by atoms with Gasteiger partial charge in [-0.25, -0.2) is 18.7 Å². The molecule has 5 amide bonds. The molecule has 0 aromatic heterocycles. The Bertz CT molecular complexity index is 1700. The predicted octanol–water partition coefficient (Wildman–Crippen LogP) is 2.46. The molecule has 3 aliphatic heterocycles. The predicted molar refractivity (Wildman–Crippen MR) is 181 cm³/mol. The van der Waals surface area contributed by atoms with Gasteiger partial charge in [-0.3, -0.25) is 19.3 Å². The van der Waals surface area contributed by atoms with Crippen LogP contribution in [0.2, 0.25) is 0 Å². The summed E-state index contributed by atoms with van der Waals surface area (Å²) in [4.78, 5) is 70.6. The van der Waals surface area contributed by atoms with Gasteiger partial charge in [-0.05, 0) is 58.1 Å². The van der Waals surface area contributed by atoms with Gasteiger partial charge < -0.3 is 25.0 Å². The highest BCUT2D eigenvalue weighted by molar-refractivity contribution is 7.87. The molecule has 5 rings (SSSR count). The first-order valence-electron chi connectivity index (χ1n) is 17.2. The number of carbonyl (C=O) groups excluding carboxylic acids is 5. The number of nitrogens with one attached hydrogen (secondary N) is 3. The molecular formula is C34H47FN6O9S. The molecule has 280 valence electrons. The highest BCUT2D eigenvalue weighted by Crippen LogP contribution is 2.46. The van der Waals surface area contributed by atoms with Crippen molar-refractivity contribution in [3.05, 3.63) is 47.3 Å². The Morgan fingerprint density at radius 3 is 2.53 bits per heavy atom. The fourth-order valence-corrected chi connectivity index (χ4v) is 7.24. The molecule has 3 N–H and O–H groups in total. The molecule has 1 unspecified atom stereocenters. The molecule has 17 heteroatoms. The number of rotatable bonds is 5. The summed E-state index contributed by atoms with van der Waals surface area (Å²) in [6, 6.07) is 2.25. The van der Waals surface area contributed by atoms with Crippen molar-refractivity contribution < 1.29 is 46.3 Å². The van der Waals surface area contributed by atoms with E-state index in [1.807, 2.05) is 10.8 Å². The minimum Gasteiger partial charge on any atom is -0.444 e. The second-order valence-electron chi connectivity index (χ2n) is 14.7. The standard InChI is InChI=1S/C34H47FN6O9S/c1-33(2,3)50-31(45)36-26-15-10-8-6-7-9-13-22-17-34(22,30(44)38-51(47,48)39(4)5)37-28(42)27-16-23(19-41(27)29(26)43)49-32(46)40-18-21-12-11-14-25(35)24(21)20-40/h9,11-14,22-23,26-27H,6-8,10,15-20H2,1-5H3,(H,36,45)(H,37,42)(H,38,44)/b13-9-/t22-,23-,26+,27?,34-/m1/s1. The Balaban J connectivity index is 1.41. The Kier molecular flexibility index (Phi) is 11.0. The smallest absolute Gasteiger partial charge is 0.410 e. The molecule has 4 aliphatic rings. The lowest BCUT2D eigenvalue weighted by molar-refractivity contribution is -0.141. The topological polar surface area (TPSA) is 184 Å². The van der Waals surface area contributed by atoms with Gasteiger partial charge in [-0.1, -0.05) is 37.1 Å². The van der Waals surface area contributed by atoms with Crippen LogP contribution in [-0.4, -0.2) is 102 Å². The van der Waals surface area contributed by atoms with Crippen molar-refractivity contribution in [3.8, 4) is 0 Å². The quantitative estimate of drug-likeness (QED) is 0.383. The summed E-state index contributed by atoms with van der Waals surface area (Å²) < 4.78 is 53.7.